The van der Waals surface area contributed by atoms with Gasteiger partial charge in [0.25, 0.3) is 5.56 Å². The first-order valence-corrected chi connectivity index (χ1v) is 10.4. The van der Waals surface area contributed by atoms with Crippen molar-refractivity contribution >= 4 is 44.8 Å². The molecule has 4 aromatic rings. The van der Waals surface area contributed by atoms with E-state index in [1.165, 1.54) is 11.3 Å². The van der Waals surface area contributed by atoms with Crippen LogP contribution in [-0.2, 0) is 6.42 Å². The Morgan fingerprint density at radius 2 is 1.64 bits per heavy atom. The molecular weight excluding hydrogens is 413 g/mol. The van der Waals surface area contributed by atoms with E-state index in [-0.39, 0.29) is 11.6 Å². The summed E-state index contributed by atoms with van der Waals surface area (Å²) in [6, 6.07) is 15.0. The average Bonchev–Trinajstić information content (AvgIpc) is 3.07. The van der Waals surface area contributed by atoms with Crippen LogP contribution in [0.15, 0.2) is 53.3 Å². The number of fused-ring (bicyclic) bond motifs is 1. The van der Waals surface area contributed by atoms with Crippen molar-refractivity contribution < 1.29 is 0 Å². The van der Waals surface area contributed by atoms with Gasteiger partial charge >= 0.3 is 0 Å². The lowest BCUT2D eigenvalue weighted by Crippen LogP contribution is -2.28. The normalized spacial score (nSPS) is 12.4. The van der Waals surface area contributed by atoms with Gasteiger partial charge in [-0.1, -0.05) is 47.5 Å². The lowest BCUT2D eigenvalue weighted by molar-refractivity contribution is 0.469. The van der Waals surface area contributed by atoms with E-state index >= 15 is 0 Å². The van der Waals surface area contributed by atoms with Gasteiger partial charge in [-0.25, -0.2) is 9.67 Å². The Labute approximate surface area is 176 Å². The first-order chi connectivity index (χ1) is 13.4. The van der Waals surface area contributed by atoms with Gasteiger partial charge in [0.05, 0.1) is 15.7 Å². The molecule has 0 spiro atoms. The van der Waals surface area contributed by atoms with Gasteiger partial charge in [0, 0.05) is 15.6 Å². The summed E-state index contributed by atoms with van der Waals surface area (Å²) in [5.41, 5.74) is 3.04. The number of nitrogens with zero attached hydrogens (tertiary/aromatic N) is 3. The van der Waals surface area contributed by atoms with Crippen LogP contribution >= 0.6 is 34.5 Å². The van der Waals surface area contributed by atoms with E-state index in [4.69, 9.17) is 28.3 Å². The van der Waals surface area contributed by atoms with Crippen molar-refractivity contribution in [3.63, 3.8) is 0 Å². The molecule has 4 rings (SSSR count). The summed E-state index contributed by atoms with van der Waals surface area (Å²) in [6.45, 7) is 3.89. The fourth-order valence-electron chi connectivity index (χ4n) is 3.18. The lowest BCUT2D eigenvalue weighted by Gasteiger charge is -2.16. The van der Waals surface area contributed by atoms with Crippen LogP contribution in [0.3, 0.4) is 0 Å². The fourth-order valence-corrected chi connectivity index (χ4v) is 4.35. The summed E-state index contributed by atoms with van der Waals surface area (Å²) < 4.78 is 2.35. The monoisotopic (exact) mass is 429 g/mol. The maximum atomic E-state index is 13.1. The molecule has 0 amide bonds. The third-order valence-electron chi connectivity index (χ3n) is 4.55. The zero-order chi connectivity index (χ0) is 19.8. The number of halogens is 2. The molecule has 0 radical (unpaired) electrons. The molecule has 0 fully saturated rings. The zero-order valence-electron chi connectivity index (χ0n) is 15.3. The second-order valence-electron chi connectivity index (χ2n) is 6.70. The molecule has 1 atom stereocenters. The molecule has 0 aliphatic heterocycles. The highest BCUT2D eigenvalue weighted by molar-refractivity contribution is 7.19. The summed E-state index contributed by atoms with van der Waals surface area (Å²) in [5.74, 6) is 0. The van der Waals surface area contributed by atoms with Crippen molar-refractivity contribution in [1.82, 2.24) is 14.8 Å². The van der Waals surface area contributed by atoms with Crippen molar-refractivity contribution in [2.45, 2.75) is 26.3 Å². The standard InChI is InChI=1S/C21H17Cl2N3OS/c1-12(11-14-3-7-16(22)8-4-14)26-21(27)19-20(28-13(2)24-19)18(25-26)15-5-9-17(23)10-6-15/h3-10,12H,11H2,1-2H3/t12-/m0/s1. The minimum atomic E-state index is -0.168. The molecule has 2 heterocycles. The Kier molecular flexibility index (Phi) is 5.23. The van der Waals surface area contributed by atoms with E-state index < -0.39 is 0 Å². The predicted molar refractivity (Wildman–Crippen MR) is 117 cm³/mol. The Bertz CT molecular complexity index is 1200. The van der Waals surface area contributed by atoms with Crippen molar-refractivity contribution in [3.8, 4) is 11.3 Å². The number of aromatic nitrogens is 3. The van der Waals surface area contributed by atoms with Gasteiger partial charge in [-0.15, -0.1) is 11.3 Å². The third kappa shape index (κ3) is 3.70. The predicted octanol–water partition coefficient (Wildman–Crippen LogP) is 5.94. The van der Waals surface area contributed by atoms with Gasteiger partial charge in [0.15, 0.2) is 5.52 Å². The second-order valence-corrected chi connectivity index (χ2v) is 8.77. The van der Waals surface area contributed by atoms with E-state index in [0.29, 0.717) is 22.0 Å². The first kappa shape index (κ1) is 19.1. The Morgan fingerprint density at radius 3 is 2.29 bits per heavy atom. The molecule has 0 aliphatic carbocycles. The fraction of sp³-hybridized carbons (Fsp3) is 0.190. The Morgan fingerprint density at radius 1 is 1.04 bits per heavy atom. The molecule has 2 aromatic carbocycles. The van der Waals surface area contributed by atoms with Crippen LogP contribution in [0.25, 0.3) is 21.5 Å². The van der Waals surface area contributed by atoms with Gasteiger partial charge in [-0.3, -0.25) is 4.79 Å². The summed E-state index contributed by atoms with van der Waals surface area (Å²) >= 11 is 13.5. The Hall–Kier alpha value is -2.21. The van der Waals surface area contributed by atoms with Crippen molar-refractivity contribution in [2.24, 2.45) is 0 Å². The Balaban J connectivity index is 1.84. The van der Waals surface area contributed by atoms with Crippen molar-refractivity contribution in [1.29, 1.82) is 0 Å². The summed E-state index contributed by atoms with van der Waals surface area (Å²) in [4.78, 5) is 17.5. The second kappa shape index (κ2) is 7.66. The van der Waals surface area contributed by atoms with E-state index in [0.717, 1.165) is 26.5 Å². The highest BCUT2D eigenvalue weighted by Crippen LogP contribution is 2.30. The van der Waals surface area contributed by atoms with Gasteiger partial charge < -0.3 is 0 Å². The highest BCUT2D eigenvalue weighted by atomic mass is 35.5. The number of thiazole rings is 1. The summed E-state index contributed by atoms with van der Waals surface area (Å²) in [7, 11) is 0. The van der Waals surface area contributed by atoms with Gasteiger partial charge in [-0.2, -0.15) is 5.10 Å². The number of rotatable bonds is 4. The lowest BCUT2D eigenvalue weighted by atomic mass is 10.1. The molecule has 0 saturated carbocycles. The maximum Gasteiger partial charge on any atom is 0.294 e. The molecule has 0 aliphatic rings. The number of aryl methyl sites for hydroxylation is 1. The van der Waals surface area contributed by atoms with Gasteiger partial charge in [-0.05, 0) is 50.1 Å². The van der Waals surface area contributed by atoms with Crippen molar-refractivity contribution in [2.75, 3.05) is 0 Å². The van der Waals surface area contributed by atoms with Crippen LogP contribution in [0.4, 0.5) is 0 Å². The molecular formula is C21H17Cl2N3OS. The molecule has 4 nitrogen and oxygen atoms in total. The molecule has 0 unspecified atom stereocenters. The quantitative estimate of drug-likeness (QED) is 0.403. The van der Waals surface area contributed by atoms with Crippen LogP contribution in [0.5, 0.6) is 0 Å². The van der Waals surface area contributed by atoms with Crippen LogP contribution in [0.2, 0.25) is 10.0 Å². The molecule has 7 heteroatoms. The molecule has 0 bridgehead atoms. The molecule has 0 N–H and O–H groups in total. The topological polar surface area (TPSA) is 47.8 Å². The number of benzene rings is 2. The van der Waals surface area contributed by atoms with Crippen LogP contribution in [0.1, 0.15) is 23.5 Å². The van der Waals surface area contributed by atoms with Crippen LogP contribution in [0, 0.1) is 6.92 Å². The highest BCUT2D eigenvalue weighted by Gasteiger charge is 2.19. The third-order valence-corrected chi connectivity index (χ3v) is 6.03. The van der Waals surface area contributed by atoms with Gasteiger partial charge in [0.2, 0.25) is 0 Å². The van der Waals surface area contributed by atoms with Crippen LogP contribution < -0.4 is 5.56 Å². The van der Waals surface area contributed by atoms with Crippen molar-refractivity contribution in [3.05, 3.63) is 79.5 Å². The van der Waals surface area contributed by atoms with Gasteiger partial charge in [0.1, 0.15) is 5.69 Å². The molecule has 2 aromatic heterocycles. The van der Waals surface area contributed by atoms with E-state index in [1.807, 2.05) is 62.4 Å². The first-order valence-electron chi connectivity index (χ1n) is 8.82. The zero-order valence-corrected chi connectivity index (χ0v) is 17.6. The van der Waals surface area contributed by atoms with E-state index in [9.17, 15) is 4.79 Å². The maximum absolute atomic E-state index is 13.1. The molecule has 28 heavy (non-hydrogen) atoms. The largest absolute Gasteiger partial charge is 0.294 e. The minimum Gasteiger partial charge on any atom is -0.265 e. The van der Waals surface area contributed by atoms with Crippen LogP contribution in [-0.4, -0.2) is 14.8 Å². The molecule has 142 valence electrons. The van der Waals surface area contributed by atoms with E-state index in [2.05, 4.69) is 4.98 Å². The summed E-state index contributed by atoms with van der Waals surface area (Å²) in [5, 5.41) is 6.92. The SMILES string of the molecule is Cc1nc2c(=O)n([C@@H](C)Cc3ccc(Cl)cc3)nc(-c3ccc(Cl)cc3)c2s1. The minimum absolute atomic E-state index is 0.133. The van der Waals surface area contributed by atoms with E-state index in [1.54, 1.807) is 4.68 Å². The smallest absolute Gasteiger partial charge is 0.265 e. The summed E-state index contributed by atoms with van der Waals surface area (Å²) in [6.07, 6.45) is 0.665. The number of hydrogen-bond donors (Lipinski definition) is 0. The average molecular weight is 430 g/mol. The molecule has 0 saturated heterocycles. The number of hydrogen-bond acceptors (Lipinski definition) is 4.